The number of nitrogens with one attached hydrogen (secondary N) is 2. The van der Waals surface area contributed by atoms with Gasteiger partial charge in [-0.05, 0) is 64.0 Å². The lowest BCUT2D eigenvalue weighted by Crippen LogP contribution is -2.46. The SMILES string of the molecule is CN(C)C(=O)C=CCCC(NC(=O)OC(C)(C)C)C(=O)Nc1cccn(Cc2nc3ccccc3n2C(=O)O)c1=O. The fourth-order valence-corrected chi connectivity index (χ4v) is 3.84. The van der Waals surface area contributed by atoms with Gasteiger partial charge in [-0.25, -0.2) is 19.1 Å². The molecular formula is C28H34N6O7. The number of carbonyl (C=O) groups excluding carboxylic acids is 3. The van der Waals surface area contributed by atoms with Crippen LogP contribution in [-0.2, 0) is 20.9 Å². The molecule has 3 rings (SSSR count). The summed E-state index contributed by atoms with van der Waals surface area (Å²) >= 11 is 0. The summed E-state index contributed by atoms with van der Waals surface area (Å²) in [6, 6.07) is 8.53. The number of pyridine rings is 1. The Morgan fingerprint density at radius 1 is 1.12 bits per heavy atom. The average molecular weight is 567 g/mol. The molecule has 13 nitrogen and oxygen atoms in total. The summed E-state index contributed by atoms with van der Waals surface area (Å²) in [7, 11) is 3.22. The zero-order valence-corrected chi connectivity index (χ0v) is 23.6. The number of para-hydroxylation sites is 2. The van der Waals surface area contributed by atoms with Gasteiger partial charge in [0.25, 0.3) is 5.56 Å². The van der Waals surface area contributed by atoms with Crippen LogP contribution >= 0.6 is 0 Å². The molecule has 3 amide bonds. The number of ether oxygens (including phenoxy) is 1. The van der Waals surface area contributed by atoms with Gasteiger partial charge in [-0.3, -0.25) is 14.4 Å². The fourth-order valence-electron chi connectivity index (χ4n) is 3.84. The number of carboxylic acid groups (broad SMARTS) is 1. The van der Waals surface area contributed by atoms with Crippen LogP contribution < -0.4 is 16.2 Å². The van der Waals surface area contributed by atoms with Crippen molar-refractivity contribution in [3.05, 3.63) is 70.9 Å². The standard InChI is InChI=1S/C28H34N6O7/c1-28(2,3)41-26(38)31-19(12-7-9-15-23(35)32(4)5)24(36)30-20-13-10-16-33(25(20)37)17-22-29-18-11-6-8-14-21(18)34(22)27(39)40/h6,8-11,13-16,19H,7,12,17H2,1-5H3,(H,30,36)(H,31,38)(H,39,40). The summed E-state index contributed by atoms with van der Waals surface area (Å²) in [6.45, 7) is 4.88. The smallest absolute Gasteiger partial charge is 0.417 e. The van der Waals surface area contributed by atoms with Crippen molar-refractivity contribution in [1.29, 1.82) is 0 Å². The van der Waals surface area contributed by atoms with Gasteiger partial charge in [0.05, 0.1) is 17.6 Å². The van der Waals surface area contributed by atoms with Gasteiger partial charge in [-0.15, -0.1) is 0 Å². The first-order valence-electron chi connectivity index (χ1n) is 12.8. The summed E-state index contributed by atoms with van der Waals surface area (Å²) < 4.78 is 7.50. The zero-order chi connectivity index (χ0) is 30.3. The molecule has 0 aliphatic rings. The number of fused-ring (bicyclic) bond motifs is 1. The summed E-state index contributed by atoms with van der Waals surface area (Å²) in [6.07, 6.45) is 2.73. The lowest BCUT2D eigenvalue weighted by molar-refractivity contribution is -0.123. The maximum absolute atomic E-state index is 13.2. The quantitative estimate of drug-likeness (QED) is 0.333. The van der Waals surface area contributed by atoms with E-state index in [0.29, 0.717) is 11.0 Å². The van der Waals surface area contributed by atoms with E-state index in [9.17, 15) is 29.1 Å². The highest BCUT2D eigenvalue weighted by atomic mass is 16.6. The van der Waals surface area contributed by atoms with Crippen molar-refractivity contribution in [3.63, 3.8) is 0 Å². The molecular weight excluding hydrogens is 532 g/mol. The van der Waals surface area contributed by atoms with Gasteiger partial charge in [0.15, 0.2) is 0 Å². The number of allylic oxidation sites excluding steroid dienone is 1. The Balaban J connectivity index is 1.82. The second-order valence-electron chi connectivity index (χ2n) is 10.4. The molecule has 3 N–H and O–H groups in total. The second kappa shape index (κ2) is 12.9. The van der Waals surface area contributed by atoms with E-state index < -0.39 is 35.3 Å². The molecule has 218 valence electrons. The van der Waals surface area contributed by atoms with Crippen LogP contribution in [0.2, 0.25) is 0 Å². The van der Waals surface area contributed by atoms with Crippen LogP contribution in [0.4, 0.5) is 15.3 Å². The van der Waals surface area contributed by atoms with Crippen LogP contribution in [0, 0.1) is 0 Å². The number of alkyl carbamates (subject to hydrolysis) is 1. The number of rotatable bonds is 9. The number of benzene rings is 1. The molecule has 13 heteroatoms. The number of aromatic nitrogens is 3. The number of likely N-dealkylation sites (N-methyl/N-ethyl adjacent to an activating group) is 1. The highest BCUT2D eigenvalue weighted by Crippen LogP contribution is 2.17. The van der Waals surface area contributed by atoms with Crippen molar-refractivity contribution >= 4 is 40.7 Å². The van der Waals surface area contributed by atoms with Gasteiger partial charge in [0, 0.05) is 20.3 Å². The molecule has 0 aliphatic carbocycles. The first-order valence-corrected chi connectivity index (χ1v) is 12.8. The predicted molar refractivity (Wildman–Crippen MR) is 152 cm³/mol. The topological polar surface area (TPSA) is 165 Å². The van der Waals surface area contributed by atoms with E-state index in [4.69, 9.17) is 4.74 Å². The molecule has 0 spiro atoms. The molecule has 0 bridgehead atoms. The Morgan fingerprint density at radius 2 is 1.83 bits per heavy atom. The van der Waals surface area contributed by atoms with E-state index >= 15 is 0 Å². The third-order valence-corrected chi connectivity index (χ3v) is 5.74. The molecule has 1 atom stereocenters. The third-order valence-electron chi connectivity index (χ3n) is 5.74. The van der Waals surface area contributed by atoms with Crippen LogP contribution in [0.1, 0.15) is 39.4 Å². The molecule has 3 aromatic rings. The molecule has 2 aromatic heterocycles. The summed E-state index contributed by atoms with van der Waals surface area (Å²) in [4.78, 5) is 68.3. The zero-order valence-electron chi connectivity index (χ0n) is 23.6. The molecule has 0 saturated heterocycles. The van der Waals surface area contributed by atoms with Crippen molar-refractivity contribution in [2.45, 2.75) is 51.8 Å². The lowest BCUT2D eigenvalue weighted by atomic mass is 10.1. The number of anilines is 1. The van der Waals surface area contributed by atoms with Crippen LogP contribution in [0.15, 0.2) is 59.5 Å². The van der Waals surface area contributed by atoms with Gasteiger partial charge in [0.1, 0.15) is 23.2 Å². The Morgan fingerprint density at radius 3 is 2.49 bits per heavy atom. The maximum Gasteiger partial charge on any atom is 0.417 e. The minimum atomic E-state index is -1.25. The maximum atomic E-state index is 13.2. The molecule has 2 heterocycles. The Labute approximate surface area is 236 Å². The molecule has 0 saturated carbocycles. The van der Waals surface area contributed by atoms with Gasteiger partial charge in [0.2, 0.25) is 11.8 Å². The van der Waals surface area contributed by atoms with Crippen LogP contribution in [0.25, 0.3) is 11.0 Å². The van der Waals surface area contributed by atoms with Crippen molar-refractivity contribution < 1.29 is 29.0 Å². The fraction of sp³-hybridized carbons (Fsp3) is 0.357. The Hall–Kier alpha value is -4.94. The highest BCUT2D eigenvalue weighted by molar-refractivity contribution is 5.96. The number of hydrogen-bond acceptors (Lipinski definition) is 7. The lowest BCUT2D eigenvalue weighted by Gasteiger charge is -2.23. The van der Waals surface area contributed by atoms with Crippen molar-refractivity contribution in [3.8, 4) is 0 Å². The normalized spacial score (nSPS) is 12.2. The molecule has 0 aliphatic heterocycles. The molecule has 0 radical (unpaired) electrons. The predicted octanol–water partition coefficient (Wildman–Crippen LogP) is 3.03. The number of imidazole rings is 1. The van der Waals surface area contributed by atoms with Crippen LogP contribution in [-0.4, -0.2) is 73.9 Å². The average Bonchev–Trinajstić information content (AvgIpc) is 3.25. The van der Waals surface area contributed by atoms with Crippen LogP contribution in [0.5, 0.6) is 0 Å². The molecule has 0 fully saturated rings. The van der Waals surface area contributed by atoms with E-state index in [1.54, 1.807) is 65.2 Å². The van der Waals surface area contributed by atoms with E-state index in [1.807, 2.05) is 0 Å². The van der Waals surface area contributed by atoms with Crippen molar-refractivity contribution in [2.75, 3.05) is 19.4 Å². The van der Waals surface area contributed by atoms with Gasteiger partial charge in [-0.2, -0.15) is 0 Å². The Kier molecular flexibility index (Phi) is 9.66. The van der Waals surface area contributed by atoms with E-state index in [2.05, 4.69) is 15.6 Å². The van der Waals surface area contributed by atoms with E-state index in [-0.39, 0.29) is 36.8 Å². The van der Waals surface area contributed by atoms with Crippen molar-refractivity contribution in [1.82, 2.24) is 24.3 Å². The summed E-state index contributed by atoms with van der Waals surface area (Å²) in [5.41, 5.74) is -0.644. The number of nitrogens with zero attached hydrogens (tertiary/aromatic N) is 4. The third kappa shape index (κ3) is 8.27. The van der Waals surface area contributed by atoms with Gasteiger partial charge >= 0.3 is 12.2 Å². The first kappa shape index (κ1) is 30.6. The van der Waals surface area contributed by atoms with Gasteiger partial charge in [-0.1, -0.05) is 18.2 Å². The van der Waals surface area contributed by atoms with Crippen LogP contribution in [0.3, 0.4) is 0 Å². The Bertz CT molecular complexity index is 1530. The second-order valence-corrected chi connectivity index (χ2v) is 10.4. The highest BCUT2D eigenvalue weighted by Gasteiger charge is 2.25. The minimum Gasteiger partial charge on any atom is -0.464 e. The van der Waals surface area contributed by atoms with Gasteiger partial charge < -0.3 is 29.9 Å². The number of carbonyl (C=O) groups is 4. The largest absolute Gasteiger partial charge is 0.464 e. The van der Waals surface area contributed by atoms with E-state index in [0.717, 1.165) is 4.57 Å². The summed E-state index contributed by atoms with van der Waals surface area (Å²) in [5.74, 6) is -0.781. The molecule has 1 aromatic carbocycles. The van der Waals surface area contributed by atoms with E-state index in [1.165, 1.54) is 33.9 Å². The number of hydrogen-bond donors (Lipinski definition) is 3. The monoisotopic (exact) mass is 566 g/mol. The first-order chi connectivity index (χ1) is 19.3. The summed E-state index contributed by atoms with van der Waals surface area (Å²) in [5, 5.41) is 14.8. The minimum absolute atomic E-state index is 0.0789. The number of amides is 3. The van der Waals surface area contributed by atoms with Crippen molar-refractivity contribution in [2.24, 2.45) is 0 Å². The molecule has 1 unspecified atom stereocenters. The molecule has 41 heavy (non-hydrogen) atoms.